The zero-order chi connectivity index (χ0) is 20.6. The first-order valence-electron chi connectivity index (χ1n) is 9.37. The summed E-state index contributed by atoms with van der Waals surface area (Å²) >= 11 is 6.89. The highest BCUT2D eigenvalue weighted by atomic mass is 79.9. The van der Waals surface area contributed by atoms with Crippen LogP contribution in [0.3, 0.4) is 0 Å². The van der Waals surface area contributed by atoms with Crippen molar-refractivity contribution < 1.29 is 9.90 Å². The van der Waals surface area contributed by atoms with E-state index in [-0.39, 0.29) is 6.03 Å². The summed E-state index contributed by atoms with van der Waals surface area (Å²) in [5.41, 5.74) is 0.869. The molecule has 1 unspecified atom stereocenters. The maximum atomic E-state index is 13.7. The fraction of sp³-hybridized carbons (Fsp3) is 0.174. The van der Waals surface area contributed by atoms with Gasteiger partial charge in [0.05, 0.1) is 0 Å². The fourth-order valence-electron chi connectivity index (χ4n) is 3.90. The summed E-state index contributed by atoms with van der Waals surface area (Å²) in [7, 11) is 0. The first-order valence-corrected chi connectivity index (χ1v) is 11.0. The van der Waals surface area contributed by atoms with Gasteiger partial charge in [-0.25, -0.2) is 4.79 Å². The van der Waals surface area contributed by atoms with Crippen LogP contribution in [0.15, 0.2) is 87.8 Å². The molecule has 1 aliphatic heterocycles. The van der Waals surface area contributed by atoms with Crippen LogP contribution in [0.25, 0.3) is 0 Å². The SMILES string of the molecule is CCC1(O)[C@@H](c2ccccc2)N(c2ccc(Br)cc2)C(=O)N1c1ccc(Br)cc1. The maximum absolute atomic E-state index is 13.7. The third kappa shape index (κ3) is 3.50. The second-order valence-electron chi connectivity index (χ2n) is 6.99. The summed E-state index contributed by atoms with van der Waals surface area (Å²) < 4.78 is 1.84. The molecule has 0 saturated carbocycles. The Bertz CT molecular complexity index is 1010. The third-order valence-corrected chi connectivity index (χ3v) is 6.36. The van der Waals surface area contributed by atoms with Crippen molar-refractivity contribution >= 4 is 49.3 Å². The molecule has 29 heavy (non-hydrogen) atoms. The molecule has 3 aromatic carbocycles. The molecule has 6 heteroatoms. The number of amides is 2. The second kappa shape index (κ2) is 7.94. The van der Waals surface area contributed by atoms with E-state index >= 15 is 0 Å². The van der Waals surface area contributed by atoms with Gasteiger partial charge in [-0.1, -0.05) is 69.1 Å². The Balaban J connectivity index is 1.91. The lowest BCUT2D eigenvalue weighted by molar-refractivity contribution is 0.0312. The number of hydrogen-bond donors (Lipinski definition) is 1. The van der Waals surface area contributed by atoms with Crippen molar-refractivity contribution in [2.75, 3.05) is 9.80 Å². The molecule has 2 amide bonds. The van der Waals surface area contributed by atoms with Crippen molar-refractivity contribution in [2.45, 2.75) is 25.1 Å². The molecule has 1 heterocycles. The molecule has 0 radical (unpaired) electrons. The largest absolute Gasteiger partial charge is 0.368 e. The molecular formula is C23H20Br2N2O2. The van der Waals surface area contributed by atoms with Crippen molar-refractivity contribution in [1.82, 2.24) is 0 Å². The van der Waals surface area contributed by atoms with E-state index in [9.17, 15) is 9.90 Å². The van der Waals surface area contributed by atoms with E-state index in [1.54, 1.807) is 4.90 Å². The van der Waals surface area contributed by atoms with Crippen LogP contribution in [0, 0.1) is 0 Å². The number of carbonyl (C=O) groups excluding carboxylic acids is 1. The van der Waals surface area contributed by atoms with Crippen molar-refractivity contribution in [1.29, 1.82) is 0 Å². The topological polar surface area (TPSA) is 43.8 Å². The minimum Gasteiger partial charge on any atom is -0.368 e. The van der Waals surface area contributed by atoms with E-state index in [2.05, 4.69) is 31.9 Å². The Morgan fingerprint density at radius 1 is 0.862 bits per heavy atom. The van der Waals surface area contributed by atoms with Gasteiger partial charge in [0.15, 0.2) is 5.72 Å². The molecule has 1 aliphatic rings. The van der Waals surface area contributed by atoms with E-state index in [0.717, 1.165) is 20.2 Å². The van der Waals surface area contributed by atoms with Gasteiger partial charge in [-0.2, -0.15) is 0 Å². The standard InChI is InChI=1S/C23H20Br2N2O2/c1-2-23(29)21(16-6-4-3-5-7-16)26(19-12-8-17(24)9-13-19)22(28)27(23)20-14-10-18(25)11-15-20/h3-15,21,29H,2H2,1H3/t21-,23?/m1/s1. The van der Waals surface area contributed by atoms with Gasteiger partial charge in [-0.05, 0) is 60.5 Å². The maximum Gasteiger partial charge on any atom is 0.332 e. The van der Waals surface area contributed by atoms with Crippen molar-refractivity contribution in [3.8, 4) is 0 Å². The Morgan fingerprint density at radius 3 is 1.90 bits per heavy atom. The second-order valence-corrected chi connectivity index (χ2v) is 8.82. The molecule has 3 aromatic rings. The zero-order valence-corrected chi connectivity index (χ0v) is 19.0. The van der Waals surface area contributed by atoms with Gasteiger partial charge in [0.1, 0.15) is 6.04 Å². The van der Waals surface area contributed by atoms with Gasteiger partial charge >= 0.3 is 6.03 Å². The number of rotatable bonds is 4. The predicted octanol–water partition coefficient (Wildman–Crippen LogP) is 6.50. The molecule has 0 aromatic heterocycles. The number of anilines is 2. The van der Waals surface area contributed by atoms with E-state index in [1.807, 2.05) is 85.8 Å². The first-order chi connectivity index (χ1) is 14.0. The minimum atomic E-state index is -1.40. The van der Waals surface area contributed by atoms with Gasteiger partial charge in [0.25, 0.3) is 0 Å². The molecule has 148 valence electrons. The van der Waals surface area contributed by atoms with Crippen molar-refractivity contribution in [2.24, 2.45) is 0 Å². The number of urea groups is 1. The lowest BCUT2D eigenvalue weighted by Crippen LogP contribution is -2.48. The van der Waals surface area contributed by atoms with Crippen LogP contribution < -0.4 is 9.80 Å². The smallest absolute Gasteiger partial charge is 0.332 e. The van der Waals surface area contributed by atoms with Crippen LogP contribution >= 0.6 is 31.9 Å². The summed E-state index contributed by atoms with van der Waals surface area (Å²) in [5.74, 6) is 0. The zero-order valence-electron chi connectivity index (χ0n) is 15.8. The highest BCUT2D eigenvalue weighted by Crippen LogP contribution is 2.48. The highest BCUT2D eigenvalue weighted by Gasteiger charge is 2.57. The number of aliphatic hydroxyl groups is 1. The fourth-order valence-corrected chi connectivity index (χ4v) is 4.43. The number of halogens is 2. The highest BCUT2D eigenvalue weighted by molar-refractivity contribution is 9.10. The monoisotopic (exact) mass is 514 g/mol. The summed E-state index contributed by atoms with van der Waals surface area (Å²) in [6, 6.07) is 23.9. The summed E-state index contributed by atoms with van der Waals surface area (Å²) in [6.07, 6.45) is 0.376. The Kier molecular flexibility index (Phi) is 5.51. The van der Waals surface area contributed by atoms with Crippen LogP contribution in [0.1, 0.15) is 24.9 Å². The molecule has 0 aliphatic carbocycles. The molecule has 4 nitrogen and oxygen atoms in total. The van der Waals surface area contributed by atoms with E-state index in [0.29, 0.717) is 12.1 Å². The summed E-state index contributed by atoms with van der Waals surface area (Å²) in [6.45, 7) is 1.90. The first kappa shape index (κ1) is 20.1. The van der Waals surface area contributed by atoms with Crippen LogP contribution in [0.2, 0.25) is 0 Å². The number of nitrogens with zero attached hydrogens (tertiary/aromatic N) is 2. The summed E-state index contributed by atoms with van der Waals surface area (Å²) in [5, 5.41) is 11.9. The van der Waals surface area contributed by atoms with Gasteiger partial charge in [0, 0.05) is 20.3 Å². The van der Waals surface area contributed by atoms with Crippen molar-refractivity contribution in [3.05, 3.63) is 93.4 Å². The minimum absolute atomic E-state index is 0.257. The normalized spacial score (nSPS) is 21.7. The molecule has 4 rings (SSSR count). The average Bonchev–Trinajstić information content (AvgIpc) is 2.97. The Morgan fingerprint density at radius 2 is 1.38 bits per heavy atom. The van der Waals surface area contributed by atoms with E-state index in [1.165, 1.54) is 4.90 Å². The molecule has 2 atom stereocenters. The quantitative estimate of drug-likeness (QED) is 0.431. The lowest BCUT2D eigenvalue weighted by atomic mass is 9.92. The van der Waals surface area contributed by atoms with E-state index in [4.69, 9.17) is 0 Å². The van der Waals surface area contributed by atoms with Gasteiger partial charge < -0.3 is 5.11 Å². The summed E-state index contributed by atoms with van der Waals surface area (Å²) in [4.78, 5) is 16.9. The van der Waals surface area contributed by atoms with E-state index < -0.39 is 11.8 Å². The Hall–Kier alpha value is -2.15. The lowest BCUT2D eigenvalue weighted by Gasteiger charge is -2.36. The van der Waals surface area contributed by atoms with Crippen LogP contribution in [-0.4, -0.2) is 16.9 Å². The molecule has 1 saturated heterocycles. The third-order valence-electron chi connectivity index (χ3n) is 5.31. The Labute approximate surface area is 187 Å². The van der Waals surface area contributed by atoms with Crippen LogP contribution in [0.4, 0.5) is 16.2 Å². The number of benzene rings is 3. The molecule has 0 bridgehead atoms. The molecular weight excluding hydrogens is 496 g/mol. The average molecular weight is 516 g/mol. The molecule has 1 N–H and O–H groups in total. The van der Waals surface area contributed by atoms with Crippen LogP contribution in [0.5, 0.6) is 0 Å². The number of carbonyl (C=O) groups is 1. The molecule has 0 spiro atoms. The van der Waals surface area contributed by atoms with Crippen molar-refractivity contribution in [3.63, 3.8) is 0 Å². The van der Waals surface area contributed by atoms with Gasteiger partial charge in [0.2, 0.25) is 0 Å². The van der Waals surface area contributed by atoms with Gasteiger partial charge in [-0.15, -0.1) is 0 Å². The van der Waals surface area contributed by atoms with Crippen LogP contribution in [-0.2, 0) is 0 Å². The van der Waals surface area contributed by atoms with Gasteiger partial charge in [-0.3, -0.25) is 9.80 Å². The number of hydrogen-bond acceptors (Lipinski definition) is 2. The predicted molar refractivity (Wildman–Crippen MR) is 123 cm³/mol. The molecule has 1 fully saturated rings.